The summed E-state index contributed by atoms with van der Waals surface area (Å²) in [6, 6.07) is 5.62. The molecule has 0 atom stereocenters. The van der Waals surface area contributed by atoms with Gasteiger partial charge in [0.1, 0.15) is 5.52 Å². The molecule has 2 aromatic rings. The van der Waals surface area contributed by atoms with Crippen LogP contribution >= 0.6 is 0 Å². The van der Waals surface area contributed by atoms with E-state index in [9.17, 15) is 5.21 Å². The minimum absolute atomic E-state index is 0.454. The van der Waals surface area contributed by atoms with Crippen LogP contribution in [-0.4, -0.2) is 26.5 Å². The summed E-state index contributed by atoms with van der Waals surface area (Å²) in [5, 5.41) is 11.9. The summed E-state index contributed by atoms with van der Waals surface area (Å²) in [6.45, 7) is 5.61. The van der Waals surface area contributed by atoms with Gasteiger partial charge in [-0.2, -0.15) is 0 Å². The molecule has 0 spiro atoms. The predicted molar refractivity (Wildman–Crippen MR) is 68.1 cm³/mol. The lowest BCUT2D eigenvalue weighted by Crippen LogP contribution is -2.29. The largest absolute Gasteiger partial charge is 0.623 e. The average Bonchev–Trinajstić information content (AvgIpc) is 2.28. The first-order valence-corrected chi connectivity index (χ1v) is 5.49. The van der Waals surface area contributed by atoms with Crippen LogP contribution in [-0.2, 0) is 0 Å². The second kappa shape index (κ2) is 4.13. The van der Waals surface area contributed by atoms with Gasteiger partial charge in [0.2, 0.25) is 0 Å². The van der Waals surface area contributed by atoms with Gasteiger partial charge in [-0.3, -0.25) is 9.97 Å². The molecule has 0 radical (unpaired) electrons. The first-order valence-electron chi connectivity index (χ1n) is 5.49. The number of fused-ring (bicyclic) bond motifs is 1. The van der Waals surface area contributed by atoms with Crippen LogP contribution in [0.3, 0.4) is 0 Å². The normalized spacial score (nSPS) is 13.0. The molecule has 0 N–H and O–H groups in total. The zero-order valence-corrected chi connectivity index (χ0v) is 10.2. The van der Waals surface area contributed by atoms with Crippen molar-refractivity contribution in [3.05, 3.63) is 41.4 Å². The second-order valence-corrected chi connectivity index (χ2v) is 4.90. The molecule has 0 unspecified atom stereocenters. The van der Waals surface area contributed by atoms with Crippen molar-refractivity contribution in [1.29, 1.82) is 0 Å². The molecule has 0 aliphatic rings. The number of rotatable bonds is 1. The molecule has 0 aliphatic carbocycles. The highest BCUT2D eigenvalue weighted by Gasteiger charge is 2.18. The Labute approximate surface area is 100 Å². The van der Waals surface area contributed by atoms with Gasteiger partial charge < -0.3 is 5.21 Å². The molecule has 4 nitrogen and oxygen atoms in total. The molecule has 17 heavy (non-hydrogen) atoms. The van der Waals surface area contributed by atoms with Gasteiger partial charge in [-0.05, 0) is 12.1 Å². The van der Waals surface area contributed by atoms with E-state index in [-0.39, 0.29) is 0 Å². The first-order chi connectivity index (χ1) is 7.98. The third kappa shape index (κ3) is 2.41. The van der Waals surface area contributed by atoms with E-state index in [2.05, 4.69) is 9.97 Å². The van der Waals surface area contributed by atoms with Gasteiger partial charge in [0.15, 0.2) is 11.8 Å². The van der Waals surface area contributed by atoms with Crippen LogP contribution in [0.2, 0.25) is 0 Å². The van der Waals surface area contributed by atoms with Crippen molar-refractivity contribution in [3.8, 4) is 0 Å². The average molecular weight is 229 g/mol. The maximum atomic E-state index is 11.9. The van der Waals surface area contributed by atoms with Crippen LogP contribution in [0.1, 0.15) is 26.3 Å². The number of para-hydroxylation sites is 1. The van der Waals surface area contributed by atoms with Crippen molar-refractivity contribution < 1.29 is 4.74 Å². The summed E-state index contributed by atoms with van der Waals surface area (Å²) in [4.78, 5) is 8.47. The Morgan fingerprint density at radius 3 is 2.59 bits per heavy atom. The summed E-state index contributed by atoms with van der Waals surface area (Å²) in [5.74, 6) is 0. The van der Waals surface area contributed by atoms with Gasteiger partial charge in [-0.15, -0.1) is 0 Å². The van der Waals surface area contributed by atoms with Crippen LogP contribution in [0.5, 0.6) is 0 Å². The number of benzene rings is 1. The van der Waals surface area contributed by atoms with E-state index in [0.717, 1.165) is 21.3 Å². The molecule has 1 aromatic heterocycles. The SMILES string of the molecule is CC(C)(C)[N+]([O-])=Cc1cccc2nccnc12. The Kier molecular flexibility index (Phi) is 2.79. The molecule has 0 amide bonds. The van der Waals surface area contributed by atoms with Crippen LogP contribution in [0.4, 0.5) is 0 Å². The first kappa shape index (κ1) is 11.5. The number of nitrogens with zero attached hydrogens (tertiary/aromatic N) is 3. The Hall–Kier alpha value is -1.97. The van der Waals surface area contributed by atoms with E-state index in [4.69, 9.17) is 0 Å². The molecular formula is C13H15N3O. The summed E-state index contributed by atoms with van der Waals surface area (Å²) in [6.07, 6.45) is 4.84. The smallest absolute Gasteiger partial charge is 0.184 e. The van der Waals surface area contributed by atoms with E-state index in [0.29, 0.717) is 0 Å². The minimum atomic E-state index is -0.454. The molecule has 0 saturated carbocycles. The standard InChI is InChI=1S/C13H15N3O/c1-13(2,3)16(17)9-10-5-4-6-11-12(10)15-8-7-14-11/h4-9H,1-3H3. The lowest BCUT2D eigenvalue weighted by atomic mass is 10.1. The number of hydrogen-bond donors (Lipinski definition) is 0. The molecule has 88 valence electrons. The molecular weight excluding hydrogens is 214 g/mol. The molecule has 4 heteroatoms. The fourth-order valence-corrected chi connectivity index (χ4v) is 1.44. The molecule has 1 aromatic carbocycles. The molecule has 2 rings (SSSR count). The topological polar surface area (TPSA) is 51.9 Å². The fourth-order valence-electron chi connectivity index (χ4n) is 1.44. The number of aromatic nitrogens is 2. The summed E-state index contributed by atoms with van der Waals surface area (Å²) in [7, 11) is 0. The van der Waals surface area contributed by atoms with E-state index in [1.807, 2.05) is 39.0 Å². The Morgan fingerprint density at radius 1 is 1.18 bits per heavy atom. The minimum Gasteiger partial charge on any atom is -0.623 e. The van der Waals surface area contributed by atoms with Crippen molar-refractivity contribution in [3.63, 3.8) is 0 Å². The van der Waals surface area contributed by atoms with Gasteiger partial charge in [0, 0.05) is 33.2 Å². The summed E-state index contributed by atoms with van der Waals surface area (Å²) in [5.41, 5.74) is 1.88. The Bertz CT molecular complexity index is 565. The molecule has 0 aliphatic heterocycles. The third-order valence-electron chi connectivity index (χ3n) is 2.45. The highest BCUT2D eigenvalue weighted by atomic mass is 16.5. The predicted octanol–water partition coefficient (Wildman–Crippen LogP) is 2.36. The zero-order valence-electron chi connectivity index (χ0n) is 10.2. The van der Waals surface area contributed by atoms with Crippen molar-refractivity contribution >= 4 is 17.2 Å². The van der Waals surface area contributed by atoms with Gasteiger partial charge in [0.05, 0.1) is 11.1 Å². The summed E-state index contributed by atoms with van der Waals surface area (Å²) < 4.78 is 0.941. The lowest BCUT2D eigenvalue weighted by molar-refractivity contribution is -0.530. The molecule has 1 heterocycles. The van der Waals surface area contributed by atoms with Gasteiger partial charge in [-0.1, -0.05) is 6.07 Å². The van der Waals surface area contributed by atoms with Crippen molar-refractivity contribution in [2.24, 2.45) is 0 Å². The lowest BCUT2D eigenvalue weighted by Gasteiger charge is -2.18. The maximum absolute atomic E-state index is 11.9. The zero-order chi connectivity index (χ0) is 12.5. The fraction of sp³-hybridized carbons (Fsp3) is 0.308. The van der Waals surface area contributed by atoms with Crippen LogP contribution < -0.4 is 0 Å². The molecule has 0 bridgehead atoms. The van der Waals surface area contributed by atoms with Gasteiger partial charge >= 0.3 is 0 Å². The van der Waals surface area contributed by atoms with E-state index in [1.165, 1.54) is 0 Å². The van der Waals surface area contributed by atoms with E-state index < -0.39 is 5.54 Å². The molecule has 0 saturated heterocycles. The summed E-state index contributed by atoms with van der Waals surface area (Å²) >= 11 is 0. The molecule has 0 fully saturated rings. The monoisotopic (exact) mass is 229 g/mol. The third-order valence-corrected chi connectivity index (χ3v) is 2.45. The second-order valence-electron chi connectivity index (χ2n) is 4.90. The van der Waals surface area contributed by atoms with Gasteiger partial charge in [0.25, 0.3) is 0 Å². The van der Waals surface area contributed by atoms with Crippen LogP contribution in [0.25, 0.3) is 11.0 Å². The van der Waals surface area contributed by atoms with E-state index in [1.54, 1.807) is 18.6 Å². The highest BCUT2D eigenvalue weighted by Crippen LogP contribution is 2.13. The quantitative estimate of drug-likeness (QED) is 0.326. The van der Waals surface area contributed by atoms with Crippen LogP contribution in [0, 0.1) is 5.21 Å². The van der Waals surface area contributed by atoms with Crippen LogP contribution in [0.15, 0.2) is 30.6 Å². The van der Waals surface area contributed by atoms with Crippen molar-refractivity contribution in [2.75, 3.05) is 0 Å². The number of hydroxylamine groups is 1. The Morgan fingerprint density at radius 2 is 1.88 bits per heavy atom. The van der Waals surface area contributed by atoms with Gasteiger partial charge in [-0.25, -0.2) is 4.74 Å². The highest BCUT2D eigenvalue weighted by molar-refractivity contribution is 5.94. The van der Waals surface area contributed by atoms with Crippen molar-refractivity contribution in [1.82, 2.24) is 9.97 Å². The number of hydrogen-bond acceptors (Lipinski definition) is 3. The van der Waals surface area contributed by atoms with E-state index >= 15 is 0 Å². The Balaban J connectivity index is 2.57. The van der Waals surface area contributed by atoms with Crippen molar-refractivity contribution in [2.45, 2.75) is 26.3 Å². The maximum Gasteiger partial charge on any atom is 0.184 e.